The van der Waals surface area contributed by atoms with Crippen LogP contribution >= 0.6 is 0 Å². The monoisotopic (exact) mass is 286 g/mol. The van der Waals surface area contributed by atoms with Crippen LogP contribution in [0.3, 0.4) is 0 Å². The molecule has 0 radical (unpaired) electrons. The van der Waals surface area contributed by atoms with Gasteiger partial charge < -0.3 is 10.6 Å². The Morgan fingerprint density at radius 2 is 1.75 bits per heavy atom. The Hall–Kier alpha value is -2.38. The van der Waals surface area contributed by atoms with Gasteiger partial charge in [-0.15, -0.1) is 0 Å². The zero-order valence-corrected chi connectivity index (χ0v) is 10.3. The Morgan fingerprint density at radius 3 is 2.35 bits per heavy atom. The summed E-state index contributed by atoms with van der Waals surface area (Å²) in [5.74, 6) is -5.81. The van der Waals surface area contributed by atoms with Gasteiger partial charge in [0.15, 0.2) is 23.3 Å². The van der Waals surface area contributed by atoms with Crippen molar-refractivity contribution < 1.29 is 17.6 Å². The molecule has 0 bridgehead atoms. The number of nitrogens with one attached hydrogen (secondary N) is 2. The van der Waals surface area contributed by atoms with E-state index in [1.165, 1.54) is 12.3 Å². The predicted molar refractivity (Wildman–Crippen MR) is 65.8 cm³/mol. The molecule has 2 aromatic rings. The normalized spacial score (nSPS) is 10.4. The Labute approximate surface area is 111 Å². The summed E-state index contributed by atoms with van der Waals surface area (Å²) in [6, 6.07) is 1.45. The van der Waals surface area contributed by atoms with E-state index in [1.807, 2.05) is 6.92 Å². The lowest BCUT2D eigenvalue weighted by Crippen LogP contribution is -2.06. The smallest absolute Gasteiger partial charge is 0.224 e. The number of anilines is 3. The highest BCUT2D eigenvalue weighted by Gasteiger charge is 2.19. The van der Waals surface area contributed by atoms with E-state index >= 15 is 0 Å². The van der Waals surface area contributed by atoms with E-state index in [0.29, 0.717) is 6.54 Å². The van der Waals surface area contributed by atoms with Gasteiger partial charge >= 0.3 is 0 Å². The molecule has 1 aromatic heterocycles. The average molecular weight is 286 g/mol. The Morgan fingerprint density at radius 1 is 1.10 bits per heavy atom. The molecular weight excluding hydrogens is 276 g/mol. The van der Waals surface area contributed by atoms with Gasteiger partial charge in [0, 0.05) is 18.8 Å². The van der Waals surface area contributed by atoms with Crippen molar-refractivity contribution in [3.8, 4) is 0 Å². The van der Waals surface area contributed by atoms with Crippen LogP contribution in [-0.2, 0) is 0 Å². The van der Waals surface area contributed by atoms with Crippen LogP contribution in [0.4, 0.5) is 35.0 Å². The van der Waals surface area contributed by atoms with Crippen molar-refractivity contribution in [2.45, 2.75) is 6.92 Å². The second kappa shape index (κ2) is 5.72. The van der Waals surface area contributed by atoms with Gasteiger partial charge in [0.2, 0.25) is 5.95 Å². The Bertz CT molecular complexity index is 607. The minimum absolute atomic E-state index is 0.00116. The predicted octanol–water partition coefficient (Wildman–Crippen LogP) is 3.21. The summed E-state index contributed by atoms with van der Waals surface area (Å²) in [7, 11) is 0. The van der Waals surface area contributed by atoms with E-state index in [9.17, 15) is 17.6 Å². The van der Waals surface area contributed by atoms with Crippen molar-refractivity contribution >= 4 is 17.5 Å². The molecule has 0 saturated carbocycles. The van der Waals surface area contributed by atoms with Crippen LogP contribution in [-0.4, -0.2) is 16.5 Å². The van der Waals surface area contributed by atoms with Crippen molar-refractivity contribution in [1.82, 2.24) is 9.97 Å². The van der Waals surface area contributed by atoms with E-state index in [4.69, 9.17) is 0 Å². The number of rotatable bonds is 4. The molecule has 2 rings (SSSR count). The van der Waals surface area contributed by atoms with Crippen molar-refractivity contribution in [3.63, 3.8) is 0 Å². The van der Waals surface area contributed by atoms with Crippen LogP contribution in [0.2, 0.25) is 0 Å². The third-order valence-electron chi connectivity index (χ3n) is 2.36. The summed E-state index contributed by atoms with van der Waals surface area (Å²) in [6.07, 6.45) is 1.33. The molecule has 0 aliphatic rings. The van der Waals surface area contributed by atoms with Crippen LogP contribution in [0.25, 0.3) is 0 Å². The molecule has 1 aromatic carbocycles. The lowest BCUT2D eigenvalue weighted by atomic mass is 10.2. The van der Waals surface area contributed by atoms with Crippen LogP contribution in [0.5, 0.6) is 0 Å². The molecule has 106 valence electrons. The standard InChI is InChI=1S/C12H10F4N4/c1-2-17-12-18-4-3-8(20-12)19-11-9(15)6(13)5-7(14)10(11)16/h3-5H,2H2,1H3,(H2,17,18,19,20). The highest BCUT2D eigenvalue weighted by Crippen LogP contribution is 2.26. The Balaban J connectivity index is 2.37. The number of hydrogen-bond donors (Lipinski definition) is 2. The maximum atomic E-state index is 13.5. The molecule has 20 heavy (non-hydrogen) atoms. The van der Waals surface area contributed by atoms with Crippen LogP contribution in [0, 0.1) is 23.3 Å². The summed E-state index contributed by atoms with van der Waals surface area (Å²) in [6.45, 7) is 2.35. The molecule has 0 saturated heterocycles. The summed E-state index contributed by atoms with van der Waals surface area (Å²) < 4.78 is 53.1. The average Bonchev–Trinajstić information content (AvgIpc) is 2.42. The van der Waals surface area contributed by atoms with E-state index in [1.54, 1.807) is 0 Å². The molecule has 0 aliphatic heterocycles. The van der Waals surface area contributed by atoms with Crippen LogP contribution < -0.4 is 10.6 Å². The number of hydrogen-bond acceptors (Lipinski definition) is 4. The lowest BCUT2D eigenvalue weighted by Gasteiger charge is -2.10. The quantitative estimate of drug-likeness (QED) is 0.669. The summed E-state index contributed by atoms with van der Waals surface area (Å²) in [5, 5.41) is 4.99. The fraction of sp³-hybridized carbons (Fsp3) is 0.167. The molecule has 0 spiro atoms. The largest absolute Gasteiger partial charge is 0.354 e. The summed E-state index contributed by atoms with van der Waals surface area (Å²) in [5.41, 5.74) is -0.941. The van der Waals surface area contributed by atoms with Gasteiger partial charge in [-0.25, -0.2) is 22.5 Å². The van der Waals surface area contributed by atoms with Gasteiger partial charge in [0.25, 0.3) is 0 Å². The number of nitrogens with zero attached hydrogens (tertiary/aromatic N) is 2. The lowest BCUT2D eigenvalue weighted by molar-refractivity contribution is 0.459. The zero-order chi connectivity index (χ0) is 14.7. The first kappa shape index (κ1) is 14.0. The van der Waals surface area contributed by atoms with Gasteiger partial charge in [-0.1, -0.05) is 0 Å². The molecule has 0 fully saturated rings. The van der Waals surface area contributed by atoms with Crippen molar-refractivity contribution in [3.05, 3.63) is 41.6 Å². The fourth-order valence-electron chi connectivity index (χ4n) is 1.48. The molecule has 1 heterocycles. The molecule has 0 unspecified atom stereocenters. The van der Waals surface area contributed by atoms with Crippen LogP contribution in [0.15, 0.2) is 18.3 Å². The minimum Gasteiger partial charge on any atom is -0.354 e. The van der Waals surface area contributed by atoms with Crippen molar-refractivity contribution in [2.75, 3.05) is 17.2 Å². The van der Waals surface area contributed by atoms with Gasteiger partial charge in [0.05, 0.1) is 0 Å². The third kappa shape index (κ3) is 2.79. The zero-order valence-electron chi connectivity index (χ0n) is 10.3. The summed E-state index contributed by atoms with van der Waals surface area (Å²) >= 11 is 0. The first-order valence-corrected chi connectivity index (χ1v) is 5.69. The number of benzene rings is 1. The van der Waals surface area contributed by atoms with Gasteiger partial charge in [-0.3, -0.25) is 0 Å². The summed E-state index contributed by atoms with van der Waals surface area (Å²) in [4.78, 5) is 7.74. The van der Waals surface area contributed by atoms with E-state index in [2.05, 4.69) is 20.6 Å². The van der Waals surface area contributed by atoms with Gasteiger partial charge in [-0.05, 0) is 13.0 Å². The molecular formula is C12H10F4N4. The third-order valence-corrected chi connectivity index (χ3v) is 2.36. The highest BCUT2D eigenvalue weighted by atomic mass is 19.2. The molecule has 4 nitrogen and oxygen atoms in total. The molecule has 8 heteroatoms. The first-order chi connectivity index (χ1) is 9.52. The molecule has 2 N–H and O–H groups in total. The first-order valence-electron chi connectivity index (χ1n) is 5.69. The second-order valence-electron chi connectivity index (χ2n) is 3.76. The maximum absolute atomic E-state index is 13.5. The number of aromatic nitrogens is 2. The van der Waals surface area contributed by atoms with Gasteiger partial charge in [0.1, 0.15) is 11.5 Å². The second-order valence-corrected chi connectivity index (χ2v) is 3.76. The van der Waals surface area contributed by atoms with E-state index < -0.39 is 29.0 Å². The minimum atomic E-state index is -1.52. The van der Waals surface area contributed by atoms with Gasteiger partial charge in [-0.2, -0.15) is 4.98 Å². The van der Waals surface area contributed by atoms with Crippen molar-refractivity contribution in [1.29, 1.82) is 0 Å². The van der Waals surface area contributed by atoms with Crippen molar-refractivity contribution in [2.24, 2.45) is 0 Å². The maximum Gasteiger partial charge on any atom is 0.224 e. The molecule has 0 atom stereocenters. The Kier molecular flexibility index (Phi) is 4.02. The fourth-order valence-corrected chi connectivity index (χ4v) is 1.48. The van der Waals surface area contributed by atoms with Crippen LogP contribution in [0.1, 0.15) is 6.92 Å². The number of halogens is 4. The highest BCUT2D eigenvalue weighted by molar-refractivity contribution is 5.58. The molecule has 0 aliphatic carbocycles. The molecule has 0 amide bonds. The van der Waals surface area contributed by atoms with E-state index in [-0.39, 0.29) is 17.8 Å². The topological polar surface area (TPSA) is 49.8 Å². The SMILES string of the molecule is CCNc1nccc(Nc2c(F)c(F)cc(F)c2F)n1. The van der Waals surface area contributed by atoms with E-state index in [0.717, 1.165) is 0 Å².